The average Bonchev–Trinajstić information content (AvgIpc) is 2.29. The van der Waals surface area contributed by atoms with Gasteiger partial charge in [-0.2, -0.15) is 0 Å². The number of carbonyl (C=O) groups excluding carboxylic acids is 1. The van der Waals surface area contributed by atoms with Crippen LogP contribution in [0.15, 0.2) is 28.7 Å². The Bertz CT molecular complexity index is 385. The summed E-state index contributed by atoms with van der Waals surface area (Å²) >= 11 is 3.39. The van der Waals surface area contributed by atoms with Crippen LogP contribution >= 0.6 is 15.9 Å². The van der Waals surface area contributed by atoms with E-state index in [1.807, 2.05) is 31.2 Å². The van der Waals surface area contributed by atoms with Gasteiger partial charge in [-0.1, -0.05) is 28.1 Å². The van der Waals surface area contributed by atoms with E-state index in [9.17, 15) is 4.79 Å². The molecule has 1 rings (SSSR count). The summed E-state index contributed by atoms with van der Waals surface area (Å²) in [6.45, 7) is 2.14. The van der Waals surface area contributed by atoms with Gasteiger partial charge in [-0.05, 0) is 24.6 Å². The number of nitrogens with one attached hydrogen (secondary N) is 1. The molecule has 1 unspecified atom stereocenters. The number of amides is 1. The molecule has 17 heavy (non-hydrogen) atoms. The van der Waals surface area contributed by atoms with Gasteiger partial charge in [0.15, 0.2) is 0 Å². The van der Waals surface area contributed by atoms with Crippen molar-refractivity contribution >= 4 is 21.8 Å². The van der Waals surface area contributed by atoms with Crippen molar-refractivity contribution in [1.29, 1.82) is 0 Å². The second-order valence-electron chi connectivity index (χ2n) is 3.85. The quantitative estimate of drug-likeness (QED) is 0.868. The Balaban J connectivity index is 2.60. The molecule has 1 amide bonds. The molecule has 3 N–H and O–H groups in total. The highest BCUT2D eigenvalue weighted by molar-refractivity contribution is 9.10. The molecule has 0 heterocycles. The summed E-state index contributed by atoms with van der Waals surface area (Å²) in [5.41, 5.74) is 6.66. The number of benzene rings is 1. The van der Waals surface area contributed by atoms with Crippen LogP contribution in [-0.4, -0.2) is 25.7 Å². The molecule has 1 aromatic carbocycles. The molecular weight excluding hydrogens is 284 g/mol. The minimum absolute atomic E-state index is 0.0806. The Kier molecular flexibility index (Phi) is 5.61. The van der Waals surface area contributed by atoms with Crippen LogP contribution in [0.1, 0.15) is 18.5 Å². The second-order valence-corrected chi connectivity index (χ2v) is 4.76. The van der Waals surface area contributed by atoms with Crippen molar-refractivity contribution in [3.05, 3.63) is 34.3 Å². The van der Waals surface area contributed by atoms with Crippen LogP contribution < -0.4 is 11.1 Å². The highest BCUT2D eigenvalue weighted by atomic mass is 79.9. The van der Waals surface area contributed by atoms with E-state index in [1.165, 1.54) is 7.11 Å². The fourth-order valence-corrected chi connectivity index (χ4v) is 1.85. The van der Waals surface area contributed by atoms with Gasteiger partial charge in [0.2, 0.25) is 5.91 Å². The molecule has 0 aromatic heterocycles. The van der Waals surface area contributed by atoms with Crippen LogP contribution in [0.2, 0.25) is 0 Å². The van der Waals surface area contributed by atoms with Gasteiger partial charge in [0, 0.05) is 11.6 Å². The Morgan fingerprint density at radius 1 is 1.59 bits per heavy atom. The molecule has 0 saturated carbocycles. The zero-order valence-electron chi connectivity index (χ0n) is 9.94. The average molecular weight is 301 g/mol. The third kappa shape index (κ3) is 4.46. The first-order chi connectivity index (χ1) is 8.04. The van der Waals surface area contributed by atoms with E-state index in [4.69, 9.17) is 10.5 Å². The van der Waals surface area contributed by atoms with Crippen LogP contribution in [0, 0.1) is 0 Å². The monoisotopic (exact) mass is 300 g/mol. The van der Waals surface area contributed by atoms with Crippen LogP contribution in [-0.2, 0) is 9.53 Å². The van der Waals surface area contributed by atoms with Crippen molar-refractivity contribution in [3.63, 3.8) is 0 Å². The highest BCUT2D eigenvalue weighted by Gasteiger charge is 2.16. The summed E-state index contributed by atoms with van der Waals surface area (Å²) in [5, 5.41) is 2.84. The van der Waals surface area contributed by atoms with Gasteiger partial charge >= 0.3 is 0 Å². The Morgan fingerprint density at radius 2 is 2.29 bits per heavy atom. The molecule has 0 saturated heterocycles. The van der Waals surface area contributed by atoms with Gasteiger partial charge in [-0.3, -0.25) is 4.79 Å². The molecule has 0 aliphatic heterocycles. The molecule has 0 aliphatic carbocycles. The third-order valence-corrected chi connectivity index (χ3v) is 2.88. The zero-order valence-corrected chi connectivity index (χ0v) is 11.5. The predicted octanol–water partition coefficient (Wildman–Crippen LogP) is 1.60. The SMILES string of the molecule is COCC(N)C(=O)N[C@@H](C)c1cccc(Br)c1. The first kappa shape index (κ1) is 14.2. The van der Waals surface area contributed by atoms with E-state index in [1.54, 1.807) is 0 Å². The summed E-state index contributed by atoms with van der Waals surface area (Å²) in [6.07, 6.45) is 0. The van der Waals surface area contributed by atoms with Crippen molar-refractivity contribution in [2.75, 3.05) is 13.7 Å². The van der Waals surface area contributed by atoms with Crippen LogP contribution in [0.5, 0.6) is 0 Å². The maximum atomic E-state index is 11.7. The highest BCUT2D eigenvalue weighted by Crippen LogP contribution is 2.17. The maximum Gasteiger partial charge on any atom is 0.239 e. The van der Waals surface area contributed by atoms with Crippen LogP contribution in [0.25, 0.3) is 0 Å². The van der Waals surface area contributed by atoms with E-state index >= 15 is 0 Å². The summed E-state index contributed by atoms with van der Waals surface area (Å²) in [5.74, 6) is -0.209. The molecule has 0 fully saturated rings. The summed E-state index contributed by atoms with van der Waals surface area (Å²) < 4.78 is 5.82. The zero-order chi connectivity index (χ0) is 12.8. The van der Waals surface area contributed by atoms with Crippen LogP contribution in [0.3, 0.4) is 0 Å². The Labute approximate surface area is 110 Å². The topological polar surface area (TPSA) is 64.3 Å². The lowest BCUT2D eigenvalue weighted by atomic mass is 10.1. The van der Waals surface area contributed by atoms with Gasteiger partial charge in [-0.15, -0.1) is 0 Å². The molecule has 0 spiro atoms. The first-order valence-electron chi connectivity index (χ1n) is 5.35. The fourth-order valence-electron chi connectivity index (χ4n) is 1.43. The number of nitrogens with two attached hydrogens (primary N) is 1. The molecule has 0 radical (unpaired) electrons. The number of carbonyl (C=O) groups is 1. The maximum absolute atomic E-state index is 11.7. The van der Waals surface area contributed by atoms with Gasteiger partial charge in [0.05, 0.1) is 12.6 Å². The van der Waals surface area contributed by atoms with E-state index in [0.717, 1.165) is 10.0 Å². The lowest BCUT2D eigenvalue weighted by Gasteiger charge is -2.17. The predicted molar refractivity (Wildman–Crippen MR) is 70.6 cm³/mol. The number of hydrogen-bond donors (Lipinski definition) is 2. The standard InChI is InChI=1S/C12H17BrN2O2/c1-8(9-4-3-5-10(13)6-9)15-12(16)11(14)7-17-2/h3-6,8,11H,7,14H2,1-2H3,(H,15,16)/t8-,11?/m0/s1. The molecule has 0 aliphatic rings. The minimum atomic E-state index is -0.630. The first-order valence-corrected chi connectivity index (χ1v) is 6.14. The second kappa shape index (κ2) is 6.74. The number of rotatable bonds is 5. The van der Waals surface area contributed by atoms with Crippen molar-refractivity contribution in [2.45, 2.75) is 19.0 Å². The lowest BCUT2D eigenvalue weighted by molar-refractivity contribution is -0.124. The molecule has 94 valence electrons. The van der Waals surface area contributed by atoms with Gasteiger partial charge < -0.3 is 15.8 Å². The number of hydrogen-bond acceptors (Lipinski definition) is 3. The number of ether oxygens (including phenoxy) is 1. The summed E-state index contributed by atoms with van der Waals surface area (Å²) in [6, 6.07) is 7.08. The smallest absolute Gasteiger partial charge is 0.239 e. The van der Waals surface area contributed by atoms with Gasteiger partial charge in [0.25, 0.3) is 0 Å². The largest absolute Gasteiger partial charge is 0.383 e. The molecule has 2 atom stereocenters. The van der Waals surface area contributed by atoms with E-state index in [-0.39, 0.29) is 18.6 Å². The fraction of sp³-hybridized carbons (Fsp3) is 0.417. The van der Waals surface area contributed by atoms with E-state index in [2.05, 4.69) is 21.2 Å². The Hall–Kier alpha value is -0.910. The normalized spacial score (nSPS) is 14.1. The van der Waals surface area contributed by atoms with Gasteiger partial charge in [-0.25, -0.2) is 0 Å². The van der Waals surface area contributed by atoms with Crippen molar-refractivity contribution < 1.29 is 9.53 Å². The van der Waals surface area contributed by atoms with Crippen molar-refractivity contribution in [1.82, 2.24) is 5.32 Å². The Morgan fingerprint density at radius 3 is 2.88 bits per heavy atom. The molecule has 4 nitrogen and oxygen atoms in total. The van der Waals surface area contributed by atoms with E-state index in [0.29, 0.717) is 0 Å². The molecule has 0 bridgehead atoms. The van der Waals surface area contributed by atoms with E-state index < -0.39 is 6.04 Å². The van der Waals surface area contributed by atoms with Gasteiger partial charge in [0.1, 0.15) is 6.04 Å². The summed E-state index contributed by atoms with van der Waals surface area (Å²) in [4.78, 5) is 11.7. The lowest BCUT2D eigenvalue weighted by Crippen LogP contribution is -2.44. The molecule has 5 heteroatoms. The summed E-state index contributed by atoms with van der Waals surface area (Å²) in [7, 11) is 1.52. The number of halogens is 1. The van der Waals surface area contributed by atoms with Crippen molar-refractivity contribution in [2.24, 2.45) is 5.73 Å². The molecule has 1 aromatic rings. The van der Waals surface area contributed by atoms with Crippen LogP contribution in [0.4, 0.5) is 0 Å². The third-order valence-electron chi connectivity index (χ3n) is 2.39. The minimum Gasteiger partial charge on any atom is -0.383 e. The molecular formula is C12H17BrN2O2. The number of methoxy groups -OCH3 is 1. The van der Waals surface area contributed by atoms with Crippen molar-refractivity contribution in [3.8, 4) is 0 Å².